The molecule has 1 aliphatic heterocycles. The molecule has 124 valence electrons. The highest BCUT2D eigenvalue weighted by Gasteiger charge is 2.28. The molecule has 22 heavy (non-hydrogen) atoms. The zero-order valence-electron chi connectivity index (χ0n) is 12.9. The number of carbonyl (C=O) groups is 1. The van der Waals surface area contributed by atoms with Gasteiger partial charge in [-0.3, -0.25) is 4.79 Å². The smallest absolute Gasteiger partial charge is 0.244 e. The Morgan fingerprint density at radius 2 is 2.18 bits per heavy atom. The van der Waals surface area contributed by atoms with Crippen LogP contribution in [-0.2, 0) is 9.53 Å². The summed E-state index contributed by atoms with van der Waals surface area (Å²) >= 11 is 3.43. The second-order valence-corrected chi connectivity index (χ2v) is 6.25. The van der Waals surface area contributed by atoms with Gasteiger partial charge in [-0.1, -0.05) is 15.9 Å². The fourth-order valence-corrected chi connectivity index (χ4v) is 2.69. The van der Waals surface area contributed by atoms with E-state index >= 15 is 0 Å². The van der Waals surface area contributed by atoms with Crippen molar-refractivity contribution in [3.63, 3.8) is 0 Å². The van der Waals surface area contributed by atoms with Crippen LogP contribution in [0.3, 0.4) is 0 Å². The fourth-order valence-electron chi connectivity index (χ4n) is 2.22. The van der Waals surface area contributed by atoms with Crippen LogP contribution in [0.5, 0.6) is 5.75 Å². The van der Waals surface area contributed by atoms with E-state index in [1.807, 2.05) is 39.0 Å². The van der Waals surface area contributed by atoms with Crippen molar-refractivity contribution in [3.8, 4) is 5.75 Å². The minimum Gasteiger partial charge on any atom is -0.491 e. The Bertz CT molecular complexity index is 514. The monoisotopic (exact) mass is 392 g/mol. The molecule has 0 bridgehead atoms. The maximum Gasteiger partial charge on any atom is 0.244 e. The summed E-state index contributed by atoms with van der Waals surface area (Å²) in [5, 5.41) is 6.08. The van der Waals surface area contributed by atoms with Crippen molar-refractivity contribution in [2.75, 3.05) is 18.5 Å². The van der Waals surface area contributed by atoms with Crippen molar-refractivity contribution >= 4 is 39.9 Å². The zero-order valence-corrected chi connectivity index (χ0v) is 15.3. The molecule has 1 fully saturated rings. The maximum absolute atomic E-state index is 12.3. The van der Waals surface area contributed by atoms with Gasteiger partial charge >= 0.3 is 0 Å². The molecular weight excluding hydrogens is 372 g/mol. The van der Waals surface area contributed by atoms with E-state index in [9.17, 15) is 4.79 Å². The van der Waals surface area contributed by atoms with Crippen LogP contribution >= 0.6 is 28.3 Å². The number of anilines is 1. The quantitative estimate of drug-likeness (QED) is 0.825. The number of nitrogens with one attached hydrogen (secondary N) is 2. The van der Waals surface area contributed by atoms with Crippen LogP contribution in [-0.4, -0.2) is 37.3 Å². The molecule has 1 aliphatic rings. The number of ether oxygens (including phenoxy) is 2. The number of benzene rings is 1. The first kappa shape index (κ1) is 19.2. The summed E-state index contributed by atoms with van der Waals surface area (Å²) in [6.07, 6.45) is -0.0615. The first-order valence-corrected chi connectivity index (χ1v) is 7.88. The van der Waals surface area contributed by atoms with Crippen LogP contribution < -0.4 is 15.4 Å². The normalized spacial score (nSPS) is 21.1. The summed E-state index contributed by atoms with van der Waals surface area (Å²) < 4.78 is 12.0. The van der Waals surface area contributed by atoms with Gasteiger partial charge in [-0.05, 0) is 32.9 Å². The molecule has 0 unspecified atom stereocenters. The molecule has 2 N–H and O–H groups in total. The minimum atomic E-state index is -0.341. The van der Waals surface area contributed by atoms with Crippen molar-refractivity contribution in [1.82, 2.24) is 5.32 Å². The molecule has 5 nitrogen and oxygen atoms in total. The number of rotatable bonds is 4. The second-order valence-electron chi connectivity index (χ2n) is 5.34. The molecule has 0 radical (unpaired) electrons. The molecule has 1 aromatic carbocycles. The summed E-state index contributed by atoms with van der Waals surface area (Å²) in [6.45, 7) is 7.13. The molecule has 0 spiro atoms. The van der Waals surface area contributed by atoms with Crippen molar-refractivity contribution in [1.29, 1.82) is 0 Å². The lowest BCUT2D eigenvalue weighted by atomic mass is 10.1. The first-order chi connectivity index (χ1) is 9.95. The zero-order chi connectivity index (χ0) is 15.4. The van der Waals surface area contributed by atoms with Crippen molar-refractivity contribution in [2.24, 2.45) is 0 Å². The van der Waals surface area contributed by atoms with Crippen LogP contribution in [0.4, 0.5) is 5.69 Å². The van der Waals surface area contributed by atoms with Crippen LogP contribution in [0.15, 0.2) is 22.7 Å². The Labute approximate surface area is 145 Å². The van der Waals surface area contributed by atoms with E-state index < -0.39 is 0 Å². The molecule has 1 saturated heterocycles. The van der Waals surface area contributed by atoms with E-state index in [2.05, 4.69) is 26.6 Å². The molecule has 7 heteroatoms. The van der Waals surface area contributed by atoms with Gasteiger partial charge in [0.15, 0.2) is 0 Å². The highest BCUT2D eigenvalue weighted by atomic mass is 79.9. The van der Waals surface area contributed by atoms with Gasteiger partial charge in [-0.25, -0.2) is 0 Å². The summed E-state index contributed by atoms with van der Waals surface area (Å²) in [4.78, 5) is 12.3. The average Bonchev–Trinajstić information content (AvgIpc) is 2.37. The summed E-state index contributed by atoms with van der Waals surface area (Å²) in [5.74, 6) is 0.617. The van der Waals surface area contributed by atoms with E-state index in [0.717, 1.165) is 10.2 Å². The average molecular weight is 394 g/mol. The van der Waals surface area contributed by atoms with Crippen LogP contribution in [0.2, 0.25) is 0 Å². The highest BCUT2D eigenvalue weighted by molar-refractivity contribution is 9.10. The predicted molar refractivity (Wildman–Crippen MR) is 93.0 cm³/mol. The van der Waals surface area contributed by atoms with E-state index in [0.29, 0.717) is 18.8 Å². The molecule has 1 heterocycles. The molecule has 2 rings (SSSR count). The molecule has 0 saturated carbocycles. The summed E-state index contributed by atoms with van der Waals surface area (Å²) in [7, 11) is 0. The number of hydrogen-bond donors (Lipinski definition) is 2. The second kappa shape index (κ2) is 8.72. The van der Waals surface area contributed by atoms with E-state index in [4.69, 9.17) is 9.47 Å². The third-order valence-corrected chi connectivity index (χ3v) is 3.57. The molecule has 2 atom stereocenters. The Balaban J connectivity index is 0.00000242. The van der Waals surface area contributed by atoms with Crippen molar-refractivity contribution < 1.29 is 14.3 Å². The molecule has 1 amide bonds. The molecular formula is C15H22BrClN2O3. The Morgan fingerprint density at radius 3 is 2.82 bits per heavy atom. The van der Waals surface area contributed by atoms with Gasteiger partial charge in [0.2, 0.25) is 5.91 Å². The van der Waals surface area contributed by atoms with Gasteiger partial charge in [0.1, 0.15) is 11.8 Å². The Hall–Kier alpha value is -0.820. The van der Waals surface area contributed by atoms with Gasteiger partial charge < -0.3 is 20.1 Å². The van der Waals surface area contributed by atoms with Gasteiger partial charge in [0.05, 0.1) is 18.8 Å². The number of halogens is 2. The largest absolute Gasteiger partial charge is 0.491 e. The third kappa shape index (κ3) is 5.43. The van der Waals surface area contributed by atoms with Crippen LogP contribution in [0.25, 0.3) is 0 Å². The number of carbonyl (C=O) groups excluding carboxylic acids is 1. The summed E-state index contributed by atoms with van der Waals surface area (Å²) in [5.41, 5.74) is 0.699. The van der Waals surface area contributed by atoms with E-state index in [1.54, 1.807) is 0 Å². The SMILES string of the molecule is CC(C)Oc1cc(Br)cc(NC(=O)[C@H]2NCCO[C@@H]2C)c1.Cl. The number of amides is 1. The van der Waals surface area contributed by atoms with Gasteiger partial charge in [0.25, 0.3) is 0 Å². The number of morpholine rings is 1. The van der Waals surface area contributed by atoms with Crippen molar-refractivity contribution in [2.45, 2.75) is 39.0 Å². The minimum absolute atomic E-state index is 0. The molecule has 1 aromatic rings. The molecule has 0 aromatic heterocycles. The lowest BCUT2D eigenvalue weighted by Gasteiger charge is -2.29. The van der Waals surface area contributed by atoms with Gasteiger partial charge in [0, 0.05) is 22.8 Å². The standard InChI is InChI=1S/C15H21BrN2O3.ClH/c1-9(2)21-13-7-11(16)6-12(8-13)18-15(19)14-10(3)20-5-4-17-14;/h6-10,14,17H,4-5H2,1-3H3,(H,18,19);1H/t10-,14+;/m1./s1. The maximum atomic E-state index is 12.3. The van der Waals surface area contributed by atoms with Gasteiger partial charge in [-0.2, -0.15) is 0 Å². The lowest BCUT2D eigenvalue weighted by Crippen LogP contribution is -2.53. The van der Waals surface area contributed by atoms with Crippen LogP contribution in [0.1, 0.15) is 20.8 Å². The lowest BCUT2D eigenvalue weighted by molar-refractivity contribution is -0.123. The Morgan fingerprint density at radius 1 is 1.45 bits per heavy atom. The highest BCUT2D eigenvalue weighted by Crippen LogP contribution is 2.26. The third-order valence-electron chi connectivity index (χ3n) is 3.11. The van der Waals surface area contributed by atoms with Gasteiger partial charge in [-0.15, -0.1) is 12.4 Å². The number of hydrogen-bond acceptors (Lipinski definition) is 4. The Kier molecular flexibility index (Phi) is 7.62. The fraction of sp³-hybridized carbons (Fsp3) is 0.533. The summed E-state index contributed by atoms with van der Waals surface area (Å²) in [6, 6.07) is 5.20. The first-order valence-electron chi connectivity index (χ1n) is 7.09. The van der Waals surface area contributed by atoms with Crippen LogP contribution in [0, 0.1) is 0 Å². The van der Waals surface area contributed by atoms with E-state index in [1.165, 1.54) is 0 Å². The van der Waals surface area contributed by atoms with Crippen molar-refractivity contribution in [3.05, 3.63) is 22.7 Å². The van der Waals surface area contributed by atoms with E-state index in [-0.39, 0.29) is 36.6 Å². The topological polar surface area (TPSA) is 59.6 Å². The molecule has 0 aliphatic carbocycles. The predicted octanol–water partition coefficient (Wildman–Crippen LogP) is 2.97.